The summed E-state index contributed by atoms with van der Waals surface area (Å²) in [4.78, 5) is 135. The number of hydrogen-bond acceptors (Lipinski definition) is 16. The highest BCUT2D eigenvalue weighted by molar-refractivity contribution is 8.00. The van der Waals surface area contributed by atoms with E-state index in [2.05, 4.69) is 31.9 Å². The predicted octanol–water partition coefficient (Wildman–Crippen LogP) is -0.281. The van der Waals surface area contributed by atoms with Crippen LogP contribution in [0.4, 0.5) is 9.59 Å². The van der Waals surface area contributed by atoms with Gasteiger partial charge in [-0.05, 0) is 32.8 Å². The third-order valence-electron chi connectivity index (χ3n) is 9.37. The molecule has 0 aliphatic carbocycles. The summed E-state index contributed by atoms with van der Waals surface area (Å²) in [5, 5.41) is 14.6. The van der Waals surface area contributed by atoms with Gasteiger partial charge in [0.15, 0.2) is 0 Å². The number of likely N-dealkylation sites (tertiary alicyclic amines) is 2. The van der Waals surface area contributed by atoms with Crippen molar-refractivity contribution in [3.05, 3.63) is 0 Å². The summed E-state index contributed by atoms with van der Waals surface area (Å²) in [6.45, 7) is 7.57. The number of thioether (sulfide) groups is 2. The van der Waals surface area contributed by atoms with Crippen LogP contribution >= 0.6 is 23.5 Å². The Hall–Kier alpha value is -4.97. The van der Waals surface area contributed by atoms with E-state index in [-0.39, 0.29) is 133 Å². The van der Waals surface area contributed by atoms with Gasteiger partial charge in [0.05, 0.1) is 23.7 Å². The lowest BCUT2D eigenvalue weighted by molar-refractivity contribution is -0.140. The molecule has 64 heavy (non-hydrogen) atoms. The highest BCUT2D eigenvalue weighted by Gasteiger charge is 2.39. The summed E-state index contributed by atoms with van der Waals surface area (Å²) in [6, 6.07) is 0. The SMILES string of the molecule is CCNC(=O)OCC(C)COC(=O)NCC.COCCCC(=O)C(CC(=O)NCCNC(=O)CCN1C(=O)CC(SC)C1=O)CC(=O)NCCNC(=O)CCN1C(=O)CC(SC)C1=O. The summed E-state index contributed by atoms with van der Waals surface area (Å²) < 4.78 is 14.7. The fourth-order valence-corrected chi connectivity index (χ4v) is 7.19. The minimum absolute atomic E-state index is 0.0177. The van der Waals surface area contributed by atoms with Crippen LogP contribution in [-0.4, -0.2) is 177 Å². The lowest BCUT2D eigenvalue weighted by atomic mass is 9.92. The molecular formula is C40H66N8O14S2. The molecule has 0 radical (unpaired) electrons. The Balaban J connectivity index is 0.00000108. The van der Waals surface area contributed by atoms with Crippen molar-refractivity contribution in [2.45, 2.75) is 82.6 Å². The first-order valence-electron chi connectivity index (χ1n) is 21.1. The number of imide groups is 2. The average molecular weight is 947 g/mol. The standard InChI is InChI=1S/C30H46N6O10S2.C10H20N2O4/c1-46-14-4-5-20(37)19(15-25(40)33-10-8-31-23(38)6-12-35-27(42)17-21(47-2)29(35)44)16-26(41)34-11-9-32-24(39)7-13-36-28(43)18-22(48-3)30(36)45;1-4-11-9(13)15-6-8(3)7-16-10(14)12-5-2/h19,21-22H,4-18H2,1-3H3,(H,31,38)(H,32,39)(H,33,40)(H,34,41);8H,4-7H2,1-3H3,(H,11,13)(H,12,14). The fraction of sp³-hybridized carbons (Fsp3) is 0.725. The first kappa shape index (κ1) is 57.0. The molecule has 2 heterocycles. The lowest BCUT2D eigenvalue weighted by Crippen LogP contribution is -2.39. The van der Waals surface area contributed by atoms with Crippen LogP contribution in [0.25, 0.3) is 0 Å². The predicted molar refractivity (Wildman–Crippen MR) is 237 cm³/mol. The molecule has 2 fully saturated rings. The minimum Gasteiger partial charge on any atom is -0.449 e. The zero-order valence-electron chi connectivity index (χ0n) is 37.7. The maximum atomic E-state index is 12.8. The van der Waals surface area contributed by atoms with Gasteiger partial charge in [-0.25, -0.2) is 9.59 Å². The molecule has 2 aliphatic heterocycles. The molecule has 0 aromatic carbocycles. The Labute approximate surface area is 382 Å². The molecule has 0 bridgehead atoms. The summed E-state index contributed by atoms with van der Waals surface area (Å²) in [6.07, 6.45) is 2.75. The first-order valence-corrected chi connectivity index (χ1v) is 23.7. The average Bonchev–Trinajstić information content (AvgIpc) is 3.70. The summed E-state index contributed by atoms with van der Waals surface area (Å²) >= 11 is 2.59. The van der Waals surface area contributed by atoms with Gasteiger partial charge in [-0.1, -0.05) is 6.92 Å². The van der Waals surface area contributed by atoms with Gasteiger partial charge in [0.2, 0.25) is 47.3 Å². The number of carbonyl (C=O) groups excluding carboxylic acids is 11. The molecule has 0 saturated carbocycles. The van der Waals surface area contributed by atoms with E-state index in [0.717, 1.165) is 9.80 Å². The second kappa shape index (κ2) is 32.7. The molecule has 2 atom stereocenters. The zero-order chi connectivity index (χ0) is 48.0. The van der Waals surface area contributed by atoms with E-state index < -0.39 is 52.2 Å². The van der Waals surface area contributed by atoms with Gasteiger partial charge in [0.25, 0.3) is 0 Å². The molecule has 10 amide bonds. The summed E-state index contributed by atoms with van der Waals surface area (Å²) in [7, 11) is 1.50. The zero-order valence-corrected chi connectivity index (χ0v) is 39.3. The van der Waals surface area contributed by atoms with Crippen LogP contribution in [-0.2, 0) is 57.4 Å². The van der Waals surface area contributed by atoms with Gasteiger partial charge in [0.1, 0.15) is 5.78 Å². The number of nitrogens with one attached hydrogen (secondary N) is 6. The van der Waals surface area contributed by atoms with Crippen LogP contribution in [0.1, 0.15) is 72.1 Å². The van der Waals surface area contributed by atoms with Crippen LogP contribution in [0.3, 0.4) is 0 Å². The van der Waals surface area contributed by atoms with Crippen LogP contribution in [0.15, 0.2) is 0 Å². The van der Waals surface area contributed by atoms with Crippen molar-refractivity contribution < 1.29 is 67.0 Å². The number of nitrogens with zero attached hydrogens (tertiary/aromatic N) is 2. The van der Waals surface area contributed by atoms with E-state index in [9.17, 15) is 52.7 Å². The fourth-order valence-electron chi connectivity index (χ4n) is 5.92. The van der Waals surface area contributed by atoms with Crippen molar-refractivity contribution in [3.63, 3.8) is 0 Å². The van der Waals surface area contributed by atoms with Crippen molar-refractivity contribution in [1.29, 1.82) is 0 Å². The van der Waals surface area contributed by atoms with Crippen molar-refractivity contribution in [3.8, 4) is 0 Å². The molecule has 2 saturated heterocycles. The van der Waals surface area contributed by atoms with Gasteiger partial charge in [-0.2, -0.15) is 23.5 Å². The van der Waals surface area contributed by atoms with E-state index in [0.29, 0.717) is 26.1 Å². The molecule has 6 N–H and O–H groups in total. The Morgan fingerprint density at radius 3 is 1.36 bits per heavy atom. The monoisotopic (exact) mass is 946 g/mol. The van der Waals surface area contributed by atoms with E-state index in [1.54, 1.807) is 12.5 Å². The molecule has 2 rings (SSSR count). The number of carbonyl (C=O) groups is 11. The molecule has 0 spiro atoms. The first-order chi connectivity index (χ1) is 30.5. The van der Waals surface area contributed by atoms with Crippen LogP contribution in [0.2, 0.25) is 0 Å². The molecule has 24 heteroatoms. The van der Waals surface area contributed by atoms with E-state index in [1.165, 1.54) is 30.6 Å². The van der Waals surface area contributed by atoms with Crippen molar-refractivity contribution in [2.24, 2.45) is 11.8 Å². The van der Waals surface area contributed by atoms with Crippen LogP contribution < -0.4 is 31.9 Å². The van der Waals surface area contributed by atoms with E-state index in [1.807, 2.05) is 20.8 Å². The number of Topliss-reactive ketones (excluding diaryl/α,β-unsaturated/α-hetero) is 1. The number of ether oxygens (including phenoxy) is 3. The molecule has 2 unspecified atom stereocenters. The Morgan fingerprint density at radius 1 is 0.625 bits per heavy atom. The lowest BCUT2D eigenvalue weighted by Gasteiger charge is -2.17. The Morgan fingerprint density at radius 2 is 1.02 bits per heavy atom. The normalized spacial score (nSPS) is 16.1. The number of amides is 10. The number of rotatable bonds is 29. The Bertz CT molecular complexity index is 1500. The van der Waals surface area contributed by atoms with Crippen molar-refractivity contribution in [2.75, 3.05) is 91.8 Å². The second-order valence-corrected chi connectivity index (χ2v) is 16.6. The summed E-state index contributed by atoms with van der Waals surface area (Å²) in [5.74, 6) is -4.15. The van der Waals surface area contributed by atoms with Crippen molar-refractivity contribution in [1.82, 2.24) is 41.7 Å². The maximum Gasteiger partial charge on any atom is 0.407 e. The van der Waals surface area contributed by atoms with Crippen molar-refractivity contribution >= 4 is 88.8 Å². The third kappa shape index (κ3) is 23.1. The van der Waals surface area contributed by atoms with E-state index in [4.69, 9.17) is 14.2 Å². The summed E-state index contributed by atoms with van der Waals surface area (Å²) in [5.41, 5.74) is 0. The Kier molecular flexibility index (Phi) is 29.1. The van der Waals surface area contributed by atoms with Gasteiger partial charge in [-0.15, -0.1) is 0 Å². The third-order valence-corrected chi connectivity index (χ3v) is 11.2. The van der Waals surface area contributed by atoms with Crippen LogP contribution in [0.5, 0.6) is 0 Å². The molecular weight excluding hydrogens is 881 g/mol. The number of hydrogen-bond donors (Lipinski definition) is 6. The minimum atomic E-state index is -0.896. The highest BCUT2D eigenvalue weighted by atomic mass is 32.2. The smallest absolute Gasteiger partial charge is 0.407 e. The molecule has 2 aliphatic rings. The topological polar surface area (TPSA) is 294 Å². The number of methoxy groups -OCH3 is 1. The second-order valence-electron chi connectivity index (χ2n) is 14.6. The van der Waals surface area contributed by atoms with Gasteiger partial charge in [-0.3, -0.25) is 53.0 Å². The molecule has 0 aromatic rings. The number of alkyl carbamates (subject to hydrolysis) is 2. The maximum absolute atomic E-state index is 12.8. The van der Waals surface area contributed by atoms with Crippen LogP contribution in [0, 0.1) is 11.8 Å². The highest BCUT2D eigenvalue weighted by Crippen LogP contribution is 2.24. The van der Waals surface area contributed by atoms with Gasteiger partial charge < -0.3 is 46.1 Å². The quantitative estimate of drug-likeness (QED) is 0.0415. The molecule has 0 aromatic heterocycles. The largest absolute Gasteiger partial charge is 0.449 e. The van der Waals surface area contributed by atoms with Gasteiger partial charge in [0, 0.05) is 123 Å². The molecule has 362 valence electrons. The number of ketones is 1. The molecule has 22 nitrogen and oxygen atoms in total. The van der Waals surface area contributed by atoms with E-state index >= 15 is 0 Å². The van der Waals surface area contributed by atoms with Gasteiger partial charge >= 0.3 is 12.2 Å².